The lowest BCUT2D eigenvalue weighted by atomic mass is 10.00. The smallest absolute Gasteiger partial charge is 0.129 e. The van der Waals surface area contributed by atoms with Gasteiger partial charge in [-0.25, -0.2) is 4.39 Å². The summed E-state index contributed by atoms with van der Waals surface area (Å²) in [6.45, 7) is 3.53. The lowest BCUT2D eigenvalue weighted by molar-refractivity contribution is 0.608. The van der Waals surface area contributed by atoms with Gasteiger partial charge in [-0.05, 0) is 70.8 Å². The standard InChI is InChI=1S/C15H13ClFI/c1-9-7-12(8-10(2)15(9)17)14(16)11-3-5-13(18)6-4-11/h3-8,14H,1-2H3. The molecule has 0 fully saturated rings. The number of hydrogen-bond donors (Lipinski definition) is 0. The van der Waals surface area contributed by atoms with E-state index in [1.54, 1.807) is 13.8 Å². The highest BCUT2D eigenvalue weighted by molar-refractivity contribution is 14.1. The molecule has 0 spiro atoms. The Balaban J connectivity index is 2.39. The summed E-state index contributed by atoms with van der Waals surface area (Å²) in [4.78, 5) is 0. The summed E-state index contributed by atoms with van der Waals surface area (Å²) in [5, 5.41) is -0.236. The molecule has 3 heteroatoms. The van der Waals surface area contributed by atoms with Crippen LogP contribution in [0.4, 0.5) is 4.39 Å². The highest BCUT2D eigenvalue weighted by Crippen LogP contribution is 2.31. The molecule has 94 valence electrons. The fraction of sp³-hybridized carbons (Fsp3) is 0.200. The van der Waals surface area contributed by atoms with E-state index in [9.17, 15) is 4.39 Å². The van der Waals surface area contributed by atoms with Crippen molar-refractivity contribution < 1.29 is 4.39 Å². The Morgan fingerprint density at radius 2 is 1.50 bits per heavy atom. The van der Waals surface area contributed by atoms with Gasteiger partial charge in [-0.1, -0.05) is 24.3 Å². The second-order valence-electron chi connectivity index (χ2n) is 4.38. The van der Waals surface area contributed by atoms with Crippen molar-refractivity contribution in [3.63, 3.8) is 0 Å². The zero-order valence-corrected chi connectivity index (χ0v) is 13.1. The highest BCUT2D eigenvalue weighted by atomic mass is 127. The van der Waals surface area contributed by atoms with Gasteiger partial charge < -0.3 is 0 Å². The van der Waals surface area contributed by atoms with Crippen LogP contribution in [-0.2, 0) is 0 Å². The zero-order chi connectivity index (χ0) is 13.3. The van der Waals surface area contributed by atoms with Crippen LogP contribution < -0.4 is 0 Å². The quantitative estimate of drug-likeness (QED) is 0.489. The van der Waals surface area contributed by atoms with E-state index in [1.807, 2.05) is 36.4 Å². The summed E-state index contributed by atoms with van der Waals surface area (Å²) in [7, 11) is 0. The van der Waals surface area contributed by atoms with Crippen molar-refractivity contribution in [2.45, 2.75) is 19.2 Å². The predicted molar refractivity (Wildman–Crippen MR) is 82.7 cm³/mol. The van der Waals surface area contributed by atoms with Gasteiger partial charge in [-0.3, -0.25) is 0 Å². The number of aryl methyl sites for hydroxylation is 2. The van der Waals surface area contributed by atoms with Crippen molar-refractivity contribution >= 4 is 34.2 Å². The summed E-state index contributed by atoms with van der Waals surface area (Å²) in [6.07, 6.45) is 0. The van der Waals surface area contributed by atoms with Gasteiger partial charge in [0.1, 0.15) is 5.82 Å². The van der Waals surface area contributed by atoms with Crippen LogP contribution in [0.2, 0.25) is 0 Å². The third-order valence-corrected chi connectivity index (χ3v) is 4.14. The first-order valence-corrected chi connectivity index (χ1v) is 7.16. The average Bonchev–Trinajstić information content (AvgIpc) is 2.35. The SMILES string of the molecule is Cc1cc(C(Cl)c2ccc(I)cc2)cc(C)c1F. The minimum atomic E-state index is -0.236. The Bertz CT molecular complexity index is 540. The van der Waals surface area contributed by atoms with E-state index in [4.69, 9.17) is 11.6 Å². The van der Waals surface area contributed by atoms with E-state index in [1.165, 1.54) is 3.57 Å². The second-order valence-corrected chi connectivity index (χ2v) is 6.06. The van der Waals surface area contributed by atoms with Crippen molar-refractivity contribution in [1.29, 1.82) is 0 Å². The van der Waals surface area contributed by atoms with Gasteiger partial charge in [0.05, 0.1) is 5.38 Å². The molecule has 0 amide bonds. The first-order valence-electron chi connectivity index (χ1n) is 5.65. The molecule has 1 atom stereocenters. The first kappa shape index (κ1) is 13.8. The van der Waals surface area contributed by atoms with E-state index < -0.39 is 0 Å². The van der Waals surface area contributed by atoms with Crippen molar-refractivity contribution in [3.8, 4) is 0 Å². The van der Waals surface area contributed by atoms with Crippen molar-refractivity contribution in [2.24, 2.45) is 0 Å². The molecule has 0 aromatic heterocycles. The van der Waals surface area contributed by atoms with Crippen LogP contribution in [0, 0.1) is 23.2 Å². The minimum absolute atomic E-state index is 0.148. The lowest BCUT2D eigenvalue weighted by Gasteiger charge is -2.13. The number of hydrogen-bond acceptors (Lipinski definition) is 0. The van der Waals surface area contributed by atoms with E-state index in [0.29, 0.717) is 11.1 Å². The van der Waals surface area contributed by atoms with Crippen molar-refractivity contribution in [1.82, 2.24) is 0 Å². The molecule has 0 N–H and O–H groups in total. The normalized spacial score (nSPS) is 12.5. The van der Waals surface area contributed by atoms with E-state index in [0.717, 1.165) is 11.1 Å². The minimum Gasteiger partial charge on any atom is -0.206 e. The highest BCUT2D eigenvalue weighted by Gasteiger charge is 2.13. The Hall–Kier alpha value is -0.610. The molecule has 2 rings (SSSR count). The molecule has 0 saturated carbocycles. The molecule has 0 aliphatic carbocycles. The van der Waals surface area contributed by atoms with Crippen LogP contribution in [-0.4, -0.2) is 0 Å². The van der Waals surface area contributed by atoms with Gasteiger partial charge in [-0.15, -0.1) is 11.6 Å². The van der Waals surface area contributed by atoms with E-state index >= 15 is 0 Å². The average molecular weight is 375 g/mol. The van der Waals surface area contributed by atoms with Gasteiger partial charge in [-0.2, -0.15) is 0 Å². The molecule has 0 saturated heterocycles. The molecule has 0 aliphatic heterocycles. The van der Waals surface area contributed by atoms with Gasteiger partial charge in [0.15, 0.2) is 0 Å². The molecule has 1 unspecified atom stereocenters. The molecule has 2 aromatic rings. The Morgan fingerprint density at radius 1 is 1.00 bits per heavy atom. The van der Waals surface area contributed by atoms with Gasteiger partial charge in [0.25, 0.3) is 0 Å². The molecule has 18 heavy (non-hydrogen) atoms. The Kier molecular flexibility index (Phi) is 4.28. The summed E-state index contributed by atoms with van der Waals surface area (Å²) in [5.41, 5.74) is 3.25. The molecule has 2 aromatic carbocycles. The summed E-state index contributed by atoms with van der Waals surface area (Å²) in [5.74, 6) is -0.148. The lowest BCUT2D eigenvalue weighted by Crippen LogP contribution is -1.97. The van der Waals surface area contributed by atoms with E-state index in [2.05, 4.69) is 22.6 Å². The van der Waals surface area contributed by atoms with Gasteiger partial charge in [0, 0.05) is 3.57 Å². The largest absolute Gasteiger partial charge is 0.206 e. The van der Waals surface area contributed by atoms with Gasteiger partial charge in [0.2, 0.25) is 0 Å². The zero-order valence-electron chi connectivity index (χ0n) is 10.2. The van der Waals surface area contributed by atoms with Gasteiger partial charge >= 0.3 is 0 Å². The summed E-state index contributed by atoms with van der Waals surface area (Å²) in [6, 6.07) is 11.7. The molecule has 0 radical (unpaired) electrons. The van der Waals surface area contributed by atoms with Crippen molar-refractivity contribution in [3.05, 3.63) is 68.0 Å². The fourth-order valence-electron chi connectivity index (χ4n) is 1.95. The number of rotatable bonds is 2. The number of benzene rings is 2. The molecule has 0 nitrogen and oxygen atoms in total. The topological polar surface area (TPSA) is 0 Å². The maximum Gasteiger partial charge on any atom is 0.129 e. The molecular formula is C15H13ClFI. The number of alkyl halides is 1. The first-order chi connectivity index (χ1) is 8.49. The third-order valence-electron chi connectivity index (χ3n) is 2.91. The molecule has 0 heterocycles. The monoisotopic (exact) mass is 374 g/mol. The van der Waals surface area contributed by atoms with Crippen LogP contribution in [0.15, 0.2) is 36.4 Å². The third kappa shape index (κ3) is 2.86. The van der Waals surface area contributed by atoms with Crippen molar-refractivity contribution in [2.75, 3.05) is 0 Å². The Morgan fingerprint density at radius 3 is 2.00 bits per heavy atom. The maximum absolute atomic E-state index is 13.6. The summed E-state index contributed by atoms with van der Waals surface area (Å²) >= 11 is 8.71. The van der Waals surface area contributed by atoms with Crippen LogP contribution in [0.25, 0.3) is 0 Å². The number of halogens is 3. The summed E-state index contributed by atoms with van der Waals surface area (Å²) < 4.78 is 14.8. The predicted octanol–water partition coefficient (Wildman–Crippen LogP) is 5.38. The van der Waals surface area contributed by atoms with Crippen LogP contribution in [0.1, 0.15) is 27.6 Å². The molecule has 0 bridgehead atoms. The van der Waals surface area contributed by atoms with Crippen LogP contribution in [0.5, 0.6) is 0 Å². The van der Waals surface area contributed by atoms with Crippen LogP contribution >= 0.6 is 34.2 Å². The molecule has 0 aliphatic rings. The van der Waals surface area contributed by atoms with Crippen LogP contribution in [0.3, 0.4) is 0 Å². The van der Waals surface area contributed by atoms with E-state index in [-0.39, 0.29) is 11.2 Å². The second kappa shape index (κ2) is 5.57. The molecular weight excluding hydrogens is 362 g/mol. The fourth-order valence-corrected chi connectivity index (χ4v) is 2.58. The Labute approximate surface area is 125 Å². The maximum atomic E-state index is 13.6.